The highest BCUT2D eigenvalue weighted by molar-refractivity contribution is 7.88. The van der Waals surface area contributed by atoms with Gasteiger partial charge >= 0.3 is 5.97 Å². The van der Waals surface area contributed by atoms with Crippen molar-refractivity contribution in [3.63, 3.8) is 0 Å². The molecule has 7 nitrogen and oxygen atoms in total. The van der Waals surface area contributed by atoms with Crippen LogP contribution in [-0.4, -0.2) is 30.2 Å². The first kappa shape index (κ1) is 15.6. The lowest BCUT2D eigenvalue weighted by Crippen LogP contribution is -2.44. The average Bonchev–Trinajstić information content (AvgIpc) is 2.58. The summed E-state index contributed by atoms with van der Waals surface area (Å²) in [5, 5.41) is 12.2. The molecule has 0 aliphatic heterocycles. The van der Waals surface area contributed by atoms with Crippen LogP contribution in [0.3, 0.4) is 0 Å². The maximum absolute atomic E-state index is 11.9. The summed E-state index contributed by atoms with van der Waals surface area (Å²) in [7, 11) is -3.59. The Morgan fingerprint density at radius 2 is 2.16 bits per heavy atom. The molecule has 1 aromatic heterocycles. The Labute approximate surface area is 112 Å². The van der Waals surface area contributed by atoms with Gasteiger partial charge in [-0.2, -0.15) is 0 Å². The van der Waals surface area contributed by atoms with Crippen LogP contribution in [-0.2, 0) is 20.6 Å². The molecule has 1 rings (SSSR count). The SMILES string of the molecule is Cc1cc(CS(=O)(=O)NC(C)(C)CCC(=O)O)no1. The van der Waals surface area contributed by atoms with Crippen LogP contribution >= 0.6 is 0 Å². The quantitative estimate of drug-likeness (QED) is 0.776. The van der Waals surface area contributed by atoms with Crippen LogP contribution in [0.2, 0.25) is 0 Å². The zero-order valence-corrected chi connectivity index (χ0v) is 12.0. The number of aryl methyl sites for hydroxylation is 1. The van der Waals surface area contributed by atoms with E-state index in [-0.39, 0.29) is 18.6 Å². The number of rotatable bonds is 7. The smallest absolute Gasteiger partial charge is 0.303 e. The van der Waals surface area contributed by atoms with Gasteiger partial charge in [0, 0.05) is 18.0 Å². The lowest BCUT2D eigenvalue weighted by Gasteiger charge is -2.24. The van der Waals surface area contributed by atoms with E-state index in [0.717, 1.165) is 0 Å². The van der Waals surface area contributed by atoms with Crippen molar-refractivity contribution >= 4 is 16.0 Å². The van der Waals surface area contributed by atoms with Crippen molar-refractivity contribution in [1.82, 2.24) is 9.88 Å². The van der Waals surface area contributed by atoms with E-state index in [4.69, 9.17) is 9.63 Å². The molecule has 1 heterocycles. The minimum atomic E-state index is -3.59. The summed E-state index contributed by atoms with van der Waals surface area (Å²) < 4.78 is 31.1. The van der Waals surface area contributed by atoms with Crippen LogP contribution in [0, 0.1) is 6.92 Å². The molecule has 0 aromatic carbocycles. The van der Waals surface area contributed by atoms with Crippen molar-refractivity contribution in [2.45, 2.75) is 44.9 Å². The summed E-state index contributed by atoms with van der Waals surface area (Å²) in [4.78, 5) is 10.5. The van der Waals surface area contributed by atoms with Gasteiger partial charge in [0.2, 0.25) is 10.0 Å². The largest absolute Gasteiger partial charge is 0.481 e. The van der Waals surface area contributed by atoms with Gasteiger partial charge < -0.3 is 9.63 Å². The lowest BCUT2D eigenvalue weighted by molar-refractivity contribution is -0.137. The monoisotopic (exact) mass is 290 g/mol. The van der Waals surface area contributed by atoms with Crippen LogP contribution in [0.25, 0.3) is 0 Å². The minimum Gasteiger partial charge on any atom is -0.481 e. The second kappa shape index (κ2) is 5.70. The van der Waals surface area contributed by atoms with Crippen molar-refractivity contribution in [2.75, 3.05) is 0 Å². The first-order valence-electron chi connectivity index (χ1n) is 5.75. The highest BCUT2D eigenvalue weighted by atomic mass is 32.2. The molecule has 0 aliphatic carbocycles. The number of carbonyl (C=O) groups is 1. The van der Waals surface area contributed by atoms with E-state index < -0.39 is 21.5 Å². The second-order valence-corrected chi connectivity index (χ2v) is 6.79. The summed E-state index contributed by atoms with van der Waals surface area (Å²) >= 11 is 0. The van der Waals surface area contributed by atoms with Crippen molar-refractivity contribution < 1.29 is 22.8 Å². The minimum absolute atomic E-state index is 0.0986. The van der Waals surface area contributed by atoms with Crippen molar-refractivity contribution in [3.8, 4) is 0 Å². The molecule has 0 aliphatic rings. The molecule has 0 saturated heterocycles. The molecular weight excluding hydrogens is 272 g/mol. The standard InChI is InChI=1S/C11H18N2O5S/c1-8-6-9(12-18-8)7-19(16,17)13-11(2,3)5-4-10(14)15/h6,13H,4-5,7H2,1-3H3,(H,14,15). The molecule has 1 aromatic rings. The van der Waals surface area contributed by atoms with Crippen LogP contribution in [0.15, 0.2) is 10.6 Å². The molecule has 0 spiro atoms. The normalized spacial score (nSPS) is 12.6. The average molecular weight is 290 g/mol. The number of hydrogen-bond donors (Lipinski definition) is 2. The molecule has 0 saturated carbocycles. The summed E-state index contributed by atoms with van der Waals surface area (Å²) in [6, 6.07) is 1.55. The summed E-state index contributed by atoms with van der Waals surface area (Å²) in [5.41, 5.74) is -0.505. The van der Waals surface area contributed by atoms with E-state index in [9.17, 15) is 13.2 Å². The number of carboxylic acid groups (broad SMARTS) is 1. The maximum Gasteiger partial charge on any atom is 0.303 e. The summed E-state index contributed by atoms with van der Waals surface area (Å²) in [5.74, 6) is -0.712. The van der Waals surface area contributed by atoms with E-state index in [2.05, 4.69) is 9.88 Å². The fourth-order valence-electron chi connectivity index (χ4n) is 1.61. The number of carboxylic acids is 1. The Kier molecular flexibility index (Phi) is 4.70. The molecule has 0 amide bonds. The van der Waals surface area contributed by atoms with Gasteiger partial charge in [0.15, 0.2) is 0 Å². The first-order valence-corrected chi connectivity index (χ1v) is 7.40. The van der Waals surface area contributed by atoms with E-state index in [0.29, 0.717) is 11.5 Å². The van der Waals surface area contributed by atoms with Crippen LogP contribution < -0.4 is 4.72 Å². The van der Waals surface area contributed by atoms with Crippen LogP contribution in [0.5, 0.6) is 0 Å². The Balaban J connectivity index is 2.65. The number of aromatic nitrogens is 1. The predicted octanol–water partition coefficient (Wildman–Crippen LogP) is 1.05. The molecule has 8 heteroatoms. The highest BCUT2D eigenvalue weighted by Crippen LogP contribution is 2.15. The molecule has 2 N–H and O–H groups in total. The Hall–Kier alpha value is -1.41. The molecule has 108 valence electrons. The number of hydrogen-bond acceptors (Lipinski definition) is 5. The van der Waals surface area contributed by atoms with Crippen molar-refractivity contribution in [2.24, 2.45) is 0 Å². The fraction of sp³-hybridized carbons (Fsp3) is 0.636. The molecule has 0 atom stereocenters. The van der Waals surface area contributed by atoms with Gasteiger partial charge in [0.25, 0.3) is 0 Å². The van der Waals surface area contributed by atoms with E-state index in [1.165, 1.54) is 0 Å². The second-order valence-electron chi connectivity index (χ2n) is 5.07. The third kappa shape index (κ3) is 5.84. The van der Waals surface area contributed by atoms with Crippen LogP contribution in [0.1, 0.15) is 38.1 Å². The van der Waals surface area contributed by atoms with E-state index in [1.807, 2.05) is 0 Å². The van der Waals surface area contributed by atoms with Gasteiger partial charge in [-0.25, -0.2) is 13.1 Å². The zero-order chi connectivity index (χ0) is 14.7. The van der Waals surface area contributed by atoms with Crippen molar-refractivity contribution in [3.05, 3.63) is 17.5 Å². The Morgan fingerprint density at radius 3 is 2.63 bits per heavy atom. The van der Waals surface area contributed by atoms with Gasteiger partial charge in [-0.3, -0.25) is 4.79 Å². The number of sulfonamides is 1. The molecule has 19 heavy (non-hydrogen) atoms. The number of nitrogens with one attached hydrogen (secondary N) is 1. The third-order valence-electron chi connectivity index (χ3n) is 2.41. The maximum atomic E-state index is 11.9. The van der Waals surface area contributed by atoms with E-state index in [1.54, 1.807) is 26.8 Å². The molecule has 0 bridgehead atoms. The zero-order valence-electron chi connectivity index (χ0n) is 11.1. The topological polar surface area (TPSA) is 110 Å². The summed E-state index contributed by atoms with van der Waals surface area (Å²) in [6.45, 7) is 4.95. The van der Waals surface area contributed by atoms with Gasteiger partial charge in [-0.1, -0.05) is 5.16 Å². The predicted molar refractivity (Wildman–Crippen MR) is 67.9 cm³/mol. The van der Waals surface area contributed by atoms with Gasteiger partial charge in [0.05, 0.1) is 0 Å². The summed E-state index contributed by atoms with van der Waals surface area (Å²) in [6.07, 6.45) is 0.109. The molecule has 0 fully saturated rings. The van der Waals surface area contributed by atoms with Crippen molar-refractivity contribution in [1.29, 1.82) is 0 Å². The Bertz CT molecular complexity index is 547. The number of aliphatic carboxylic acids is 1. The first-order chi connectivity index (χ1) is 8.60. The van der Waals surface area contributed by atoms with Crippen LogP contribution in [0.4, 0.5) is 0 Å². The molecule has 0 radical (unpaired) electrons. The third-order valence-corrected chi connectivity index (χ3v) is 3.95. The lowest BCUT2D eigenvalue weighted by atomic mass is 10.0. The Morgan fingerprint density at radius 1 is 1.53 bits per heavy atom. The molecular formula is C11H18N2O5S. The molecule has 0 unspecified atom stereocenters. The van der Waals surface area contributed by atoms with Gasteiger partial charge in [-0.15, -0.1) is 0 Å². The fourth-order valence-corrected chi connectivity index (χ4v) is 3.15. The van der Waals surface area contributed by atoms with Gasteiger partial charge in [0.1, 0.15) is 17.2 Å². The van der Waals surface area contributed by atoms with Gasteiger partial charge in [-0.05, 0) is 27.2 Å². The van der Waals surface area contributed by atoms with E-state index >= 15 is 0 Å². The number of nitrogens with zero attached hydrogens (tertiary/aromatic N) is 1. The highest BCUT2D eigenvalue weighted by Gasteiger charge is 2.26.